The van der Waals surface area contributed by atoms with Crippen LogP contribution in [0, 0.1) is 0 Å². The van der Waals surface area contributed by atoms with Gasteiger partial charge in [-0.1, -0.05) is 60.7 Å². The molecular formula is C30H35B2O4. The molecule has 4 nitrogen and oxygen atoms in total. The van der Waals surface area contributed by atoms with Crippen molar-refractivity contribution in [2.24, 2.45) is 0 Å². The van der Waals surface area contributed by atoms with Crippen LogP contribution in [-0.2, 0) is 14.0 Å². The van der Waals surface area contributed by atoms with Crippen LogP contribution in [0.4, 0.5) is 0 Å². The lowest BCUT2D eigenvalue weighted by atomic mass is 9.73. The van der Waals surface area contributed by atoms with Crippen molar-refractivity contribution in [3.63, 3.8) is 0 Å². The van der Waals surface area contributed by atoms with Crippen LogP contribution in [0.15, 0.2) is 60.7 Å². The number of hydrogen-bond acceptors (Lipinski definition) is 4. The summed E-state index contributed by atoms with van der Waals surface area (Å²) in [6.07, 6.45) is 0. The van der Waals surface area contributed by atoms with Gasteiger partial charge in [0, 0.05) is 0 Å². The Kier molecular flexibility index (Phi) is 5.85. The second-order valence-corrected chi connectivity index (χ2v) is 12.0. The van der Waals surface area contributed by atoms with E-state index in [9.17, 15) is 5.11 Å². The molecule has 4 aromatic rings. The summed E-state index contributed by atoms with van der Waals surface area (Å²) in [5.41, 5.74) is -0.577. The summed E-state index contributed by atoms with van der Waals surface area (Å²) in [6, 6.07) is 21.2. The molecule has 1 radical (unpaired) electrons. The summed E-state index contributed by atoms with van der Waals surface area (Å²) in [6.45, 7) is 15.7. The maximum Gasteiger partial charge on any atom is 0.495 e. The molecule has 4 aromatic carbocycles. The van der Waals surface area contributed by atoms with Crippen molar-refractivity contribution >= 4 is 57.8 Å². The van der Waals surface area contributed by atoms with Gasteiger partial charge in [-0.3, -0.25) is 0 Å². The predicted octanol–water partition coefficient (Wildman–Crippen LogP) is 5.26. The molecule has 0 atom stereocenters. The normalized spacial score (nSPS) is 17.9. The Morgan fingerprint density at radius 2 is 1.19 bits per heavy atom. The molecule has 0 aromatic heterocycles. The van der Waals surface area contributed by atoms with Gasteiger partial charge < -0.3 is 19.1 Å². The van der Waals surface area contributed by atoms with E-state index in [1.54, 1.807) is 21.3 Å². The average Bonchev–Trinajstić information content (AvgIpc) is 3.02. The molecule has 1 aliphatic rings. The van der Waals surface area contributed by atoms with Gasteiger partial charge in [0.15, 0.2) is 0 Å². The van der Waals surface area contributed by atoms with Crippen LogP contribution in [-0.4, -0.2) is 42.1 Å². The summed E-state index contributed by atoms with van der Waals surface area (Å²) < 4.78 is 19.1. The fourth-order valence-corrected chi connectivity index (χ4v) is 4.62. The van der Waals surface area contributed by atoms with Gasteiger partial charge in [0.05, 0.1) is 22.4 Å². The fourth-order valence-electron chi connectivity index (χ4n) is 4.62. The van der Waals surface area contributed by atoms with Crippen LogP contribution in [0.3, 0.4) is 0 Å². The Morgan fingerprint density at radius 1 is 0.722 bits per heavy atom. The molecule has 0 spiro atoms. The molecule has 1 aliphatic heterocycles. The van der Waals surface area contributed by atoms with Crippen LogP contribution < -0.4 is 10.9 Å². The van der Waals surface area contributed by atoms with Crippen molar-refractivity contribution in [2.75, 3.05) is 0 Å². The van der Waals surface area contributed by atoms with Gasteiger partial charge in [-0.2, -0.15) is 0 Å². The molecule has 0 saturated carbocycles. The summed E-state index contributed by atoms with van der Waals surface area (Å²) in [7, 11) is 1.33. The third-order valence-corrected chi connectivity index (χ3v) is 8.41. The quantitative estimate of drug-likeness (QED) is 0.312. The maximum atomic E-state index is 10.6. The van der Waals surface area contributed by atoms with Gasteiger partial charge in [0.2, 0.25) is 0 Å². The Labute approximate surface area is 215 Å². The van der Waals surface area contributed by atoms with Gasteiger partial charge in [-0.25, -0.2) is 0 Å². The summed E-state index contributed by atoms with van der Waals surface area (Å²) >= 11 is 0. The van der Waals surface area contributed by atoms with E-state index in [0.717, 1.165) is 43.2 Å². The first-order valence-corrected chi connectivity index (χ1v) is 12.7. The molecule has 185 valence electrons. The third kappa shape index (κ3) is 4.05. The molecule has 0 aliphatic carbocycles. The lowest BCUT2D eigenvalue weighted by Crippen LogP contribution is -2.49. The van der Waals surface area contributed by atoms with Crippen LogP contribution >= 0.6 is 0 Å². The zero-order valence-corrected chi connectivity index (χ0v) is 22.6. The van der Waals surface area contributed by atoms with Crippen molar-refractivity contribution in [1.29, 1.82) is 0 Å². The fraction of sp³-hybridized carbons (Fsp3) is 0.400. The van der Waals surface area contributed by atoms with E-state index < -0.39 is 29.5 Å². The first-order chi connectivity index (χ1) is 16.7. The Morgan fingerprint density at radius 3 is 1.75 bits per heavy atom. The molecule has 1 heterocycles. The molecule has 1 fully saturated rings. The summed E-state index contributed by atoms with van der Waals surface area (Å²) in [5.74, 6) is 0. The van der Waals surface area contributed by atoms with Crippen LogP contribution in [0.25, 0.3) is 32.3 Å². The van der Waals surface area contributed by atoms with Crippen LogP contribution in [0.2, 0.25) is 0 Å². The highest BCUT2D eigenvalue weighted by Crippen LogP contribution is 2.38. The van der Waals surface area contributed by atoms with Crippen molar-refractivity contribution < 1.29 is 19.1 Å². The van der Waals surface area contributed by atoms with Crippen molar-refractivity contribution in [3.8, 4) is 0 Å². The SMILES string of the molecule is CC(C)(O)C(C)(C)O[B]c1cc2c3ccccc3c(B3OC(C)(C)C(C)(C)O3)cc2c2ccccc12. The number of aliphatic hydroxyl groups is 1. The van der Waals surface area contributed by atoms with Gasteiger partial charge >= 0.3 is 14.6 Å². The molecule has 0 amide bonds. The first kappa shape index (κ1) is 25.3. The van der Waals surface area contributed by atoms with Gasteiger partial charge in [0.25, 0.3) is 0 Å². The molecule has 36 heavy (non-hydrogen) atoms. The van der Waals surface area contributed by atoms with Crippen LogP contribution in [0.5, 0.6) is 0 Å². The molecule has 1 saturated heterocycles. The van der Waals surface area contributed by atoms with E-state index in [1.165, 1.54) is 0 Å². The molecule has 5 rings (SSSR count). The first-order valence-electron chi connectivity index (χ1n) is 12.7. The van der Waals surface area contributed by atoms with E-state index in [0.29, 0.717) is 0 Å². The lowest BCUT2D eigenvalue weighted by Gasteiger charge is -2.37. The van der Waals surface area contributed by atoms with Crippen LogP contribution in [0.1, 0.15) is 55.4 Å². The number of fused-ring (bicyclic) bond motifs is 5. The Hall–Kier alpha value is -2.37. The van der Waals surface area contributed by atoms with E-state index in [-0.39, 0.29) is 0 Å². The molecule has 1 N–H and O–H groups in total. The van der Waals surface area contributed by atoms with Gasteiger partial charge in [-0.05, 0) is 98.6 Å². The lowest BCUT2D eigenvalue weighted by molar-refractivity contribution is -0.0893. The van der Waals surface area contributed by atoms with E-state index in [4.69, 9.17) is 14.0 Å². The zero-order valence-electron chi connectivity index (χ0n) is 22.6. The van der Waals surface area contributed by atoms with E-state index >= 15 is 0 Å². The van der Waals surface area contributed by atoms with Gasteiger partial charge in [-0.15, -0.1) is 0 Å². The highest BCUT2D eigenvalue weighted by molar-refractivity contribution is 6.66. The summed E-state index contributed by atoms with van der Waals surface area (Å²) in [5, 5.41) is 17.4. The molecule has 0 bridgehead atoms. The topological polar surface area (TPSA) is 47.9 Å². The number of hydrogen-bond donors (Lipinski definition) is 1. The Bertz CT molecular complexity index is 1450. The predicted molar refractivity (Wildman–Crippen MR) is 152 cm³/mol. The van der Waals surface area contributed by atoms with E-state index in [1.807, 2.05) is 19.9 Å². The second-order valence-electron chi connectivity index (χ2n) is 12.0. The molecule has 0 unspecified atom stereocenters. The number of benzene rings is 4. The largest absolute Gasteiger partial charge is 0.495 e. The second kappa shape index (κ2) is 8.32. The average molecular weight is 481 g/mol. The van der Waals surface area contributed by atoms with Crippen molar-refractivity contribution in [3.05, 3.63) is 60.7 Å². The monoisotopic (exact) mass is 481 g/mol. The molecular weight excluding hydrogens is 446 g/mol. The minimum absolute atomic E-state index is 0.417. The zero-order chi connectivity index (χ0) is 26.1. The third-order valence-electron chi connectivity index (χ3n) is 8.41. The number of rotatable bonds is 5. The Balaban J connectivity index is 1.72. The minimum atomic E-state index is -0.999. The van der Waals surface area contributed by atoms with Crippen molar-refractivity contribution in [1.82, 2.24) is 0 Å². The van der Waals surface area contributed by atoms with Gasteiger partial charge in [0.1, 0.15) is 0 Å². The summed E-state index contributed by atoms with van der Waals surface area (Å²) in [4.78, 5) is 0. The molecule has 6 heteroatoms. The smallest absolute Gasteiger partial charge is 0.427 e. The minimum Gasteiger partial charge on any atom is -0.427 e. The highest BCUT2D eigenvalue weighted by atomic mass is 16.7. The van der Waals surface area contributed by atoms with E-state index in [2.05, 4.69) is 82.3 Å². The van der Waals surface area contributed by atoms with Crippen molar-refractivity contribution in [2.45, 2.75) is 77.8 Å². The highest BCUT2D eigenvalue weighted by Gasteiger charge is 2.52. The maximum absolute atomic E-state index is 10.6. The standard InChI is InChI=1S/C30H35B2O4/c1-27(2,33)28(3,4)34-31-25-17-23-20-14-10-12-16-22(20)26(32-35-29(5,6)30(7,8)36-32)18-24(23)19-13-9-11-15-21(19)25/h9-18,33H,1-8H3.